The number of nitrogens with zero attached hydrogens (tertiary/aromatic N) is 3. The smallest absolute Gasteiger partial charge is 0.287 e. The fourth-order valence-corrected chi connectivity index (χ4v) is 3.94. The molecule has 0 unspecified atom stereocenters. The number of ether oxygens (including phenoxy) is 1. The Balaban J connectivity index is 1.57. The summed E-state index contributed by atoms with van der Waals surface area (Å²) in [6.45, 7) is 2.26. The Morgan fingerprint density at radius 2 is 1.97 bits per heavy atom. The maximum absolute atomic E-state index is 12.3. The molecule has 0 bridgehead atoms. The minimum atomic E-state index is -0.297. The van der Waals surface area contributed by atoms with Crippen molar-refractivity contribution in [3.63, 3.8) is 0 Å². The lowest BCUT2D eigenvalue weighted by molar-refractivity contribution is 0.0922. The molecule has 0 aliphatic heterocycles. The van der Waals surface area contributed by atoms with Crippen LogP contribution in [0.4, 0.5) is 0 Å². The Morgan fingerprint density at radius 1 is 1.13 bits per heavy atom. The zero-order valence-corrected chi connectivity index (χ0v) is 18.1. The van der Waals surface area contributed by atoms with Crippen LogP contribution < -0.4 is 10.1 Å². The predicted octanol–water partition coefficient (Wildman–Crippen LogP) is 4.40. The highest BCUT2D eigenvalue weighted by Gasteiger charge is 2.17. The van der Waals surface area contributed by atoms with E-state index in [4.69, 9.17) is 9.15 Å². The number of furan rings is 1. The Labute approximate surface area is 184 Å². The van der Waals surface area contributed by atoms with Crippen LogP contribution in [-0.4, -0.2) is 27.8 Å². The Bertz CT molecular complexity index is 1150. The molecule has 2 aromatic heterocycles. The molecule has 2 aromatic carbocycles. The van der Waals surface area contributed by atoms with Crippen molar-refractivity contribution >= 4 is 17.7 Å². The van der Waals surface area contributed by atoms with Crippen LogP contribution in [-0.2, 0) is 12.3 Å². The van der Waals surface area contributed by atoms with Crippen LogP contribution in [0.3, 0.4) is 0 Å². The number of aromatic nitrogens is 3. The van der Waals surface area contributed by atoms with Crippen molar-refractivity contribution < 1.29 is 13.9 Å². The normalized spacial score (nSPS) is 10.8. The third kappa shape index (κ3) is 4.97. The van der Waals surface area contributed by atoms with E-state index in [0.29, 0.717) is 11.6 Å². The number of rotatable bonds is 8. The highest BCUT2D eigenvalue weighted by molar-refractivity contribution is 7.98. The monoisotopic (exact) mass is 434 g/mol. The van der Waals surface area contributed by atoms with E-state index in [9.17, 15) is 4.79 Å². The van der Waals surface area contributed by atoms with Crippen LogP contribution in [0.2, 0.25) is 0 Å². The molecule has 0 saturated heterocycles. The van der Waals surface area contributed by atoms with Crippen molar-refractivity contribution in [2.75, 3.05) is 7.11 Å². The van der Waals surface area contributed by atoms with Gasteiger partial charge in [-0.1, -0.05) is 41.6 Å². The average molecular weight is 435 g/mol. The number of amides is 1. The Kier molecular flexibility index (Phi) is 6.37. The average Bonchev–Trinajstić information content (AvgIpc) is 3.47. The summed E-state index contributed by atoms with van der Waals surface area (Å²) < 4.78 is 12.4. The van der Waals surface area contributed by atoms with Gasteiger partial charge < -0.3 is 14.5 Å². The summed E-state index contributed by atoms with van der Waals surface area (Å²) in [6, 6.07) is 19.4. The van der Waals surface area contributed by atoms with Gasteiger partial charge in [0.2, 0.25) is 0 Å². The zero-order valence-electron chi connectivity index (χ0n) is 17.2. The molecule has 158 valence electrons. The predicted molar refractivity (Wildman–Crippen MR) is 119 cm³/mol. The van der Waals surface area contributed by atoms with Crippen LogP contribution in [0, 0.1) is 6.92 Å². The van der Waals surface area contributed by atoms with E-state index < -0.39 is 0 Å². The lowest BCUT2D eigenvalue weighted by atomic mass is 10.2. The molecular formula is C23H22N4O3S. The molecule has 0 fully saturated rings. The highest BCUT2D eigenvalue weighted by Crippen LogP contribution is 2.27. The minimum absolute atomic E-state index is 0.222. The summed E-state index contributed by atoms with van der Waals surface area (Å²) in [7, 11) is 1.66. The van der Waals surface area contributed by atoms with Gasteiger partial charge in [-0.15, -0.1) is 10.2 Å². The third-order valence-electron chi connectivity index (χ3n) is 4.65. The number of thioether (sulfide) groups is 1. The number of hydrogen-bond acceptors (Lipinski definition) is 6. The van der Waals surface area contributed by atoms with Crippen LogP contribution in [0.25, 0.3) is 5.69 Å². The van der Waals surface area contributed by atoms with Gasteiger partial charge in [-0.2, -0.15) is 0 Å². The van der Waals surface area contributed by atoms with E-state index in [2.05, 4.69) is 15.5 Å². The van der Waals surface area contributed by atoms with Crippen molar-refractivity contribution in [3.8, 4) is 11.4 Å². The summed E-state index contributed by atoms with van der Waals surface area (Å²) in [5, 5.41) is 12.3. The molecule has 1 N–H and O–H groups in total. The summed E-state index contributed by atoms with van der Waals surface area (Å²) >= 11 is 1.57. The Hall–Kier alpha value is -3.52. The van der Waals surface area contributed by atoms with Gasteiger partial charge in [0.05, 0.1) is 19.9 Å². The molecule has 0 spiro atoms. The summed E-state index contributed by atoms with van der Waals surface area (Å²) in [4.78, 5) is 12.3. The molecule has 2 heterocycles. The number of carbonyl (C=O) groups excluding carboxylic acids is 1. The van der Waals surface area contributed by atoms with Crippen LogP contribution in [0.5, 0.6) is 5.75 Å². The van der Waals surface area contributed by atoms with Gasteiger partial charge in [0, 0.05) is 11.4 Å². The van der Waals surface area contributed by atoms with Crippen molar-refractivity contribution in [3.05, 3.63) is 89.6 Å². The number of nitrogens with one attached hydrogen (secondary N) is 1. The molecule has 0 atom stereocenters. The van der Waals surface area contributed by atoms with Gasteiger partial charge in [0.15, 0.2) is 16.7 Å². The number of methoxy groups -OCH3 is 1. The molecule has 8 heteroatoms. The van der Waals surface area contributed by atoms with Gasteiger partial charge in [-0.05, 0) is 48.9 Å². The van der Waals surface area contributed by atoms with E-state index in [-0.39, 0.29) is 18.2 Å². The molecule has 31 heavy (non-hydrogen) atoms. The largest absolute Gasteiger partial charge is 0.497 e. The lowest BCUT2D eigenvalue weighted by Crippen LogP contribution is -2.24. The third-order valence-corrected chi connectivity index (χ3v) is 5.65. The first-order chi connectivity index (χ1) is 15.1. The summed E-state index contributed by atoms with van der Waals surface area (Å²) in [5.41, 5.74) is 3.22. The SMILES string of the molecule is COc1cccc(CSc2nnc(CNC(=O)c3ccco3)n2-c2ccc(C)cc2)c1. The van der Waals surface area contributed by atoms with Crippen molar-refractivity contribution in [2.24, 2.45) is 0 Å². The van der Waals surface area contributed by atoms with Crippen molar-refractivity contribution in [1.29, 1.82) is 0 Å². The second-order valence-electron chi connectivity index (χ2n) is 6.87. The number of aryl methyl sites for hydroxylation is 1. The second kappa shape index (κ2) is 9.53. The maximum Gasteiger partial charge on any atom is 0.287 e. The fourth-order valence-electron chi connectivity index (χ4n) is 3.03. The Morgan fingerprint density at radius 3 is 2.71 bits per heavy atom. The molecular weight excluding hydrogens is 412 g/mol. The van der Waals surface area contributed by atoms with E-state index >= 15 is 0 Å². The van der Waals surface area contributed by atoms with Gasteiger partial charge in [0.25, 0.3) is 5.91 Å². The number of hydrogen-bond donors (Lipinski definition) is 1. The lowest BCUT2D eigenvalue weighted by Gasteiger charge is -2.11. The molecule has 7 nitrogen and oxygen atoms in total. The quantitative estimate of drug-likeness (QED) is 0.414. The molecule has 0 saturated carbocycles. The first kappa shape index (κ1) is 20.7. The number of carbonyl (C=O) groups is 1. The van der Waals surface area contributed by atoms with Crippen LogP contribution in [0.1, 0.15) is 27.5 Å². The highest BCUT2D eigenvalue weighted by atomic mass is 32.2. The van der Waals surface area contributed by atoms with E-state index in [0.717, 1.165) is 27.7 Å². The van der Waals surface area contributed by atoms with Crippen molar-refractivity contribution in [2.45, 2.75) is 24.4 Å². The second-order valence-corrected chi connectivity index (χ2v) is 7.81. The zero-order chi connectivity index (χ0) is 21.6. The maximum atomic E-state index is 12.3. The molecule has 4 aromatic rings. The fraction of sp³-hybridized carbons (Fsp3) is 0.174. The van der Waals surface area contributed by atoms with Crippen molar-refractivity contribution in [1.82, 2.24) is 20.1 Å². The standard InChI is InChI=1S/C23H22N4O3S/c1-16-8-10-18(11-9-16)27-21(14-24-22(28)20-7-4-12-30-20)25-26-23(27)31-15-17-5-3-6-19(13-17)29-2/h3-13H,14-15H2,1-2H3,(H,24,28). The molecule has 0 radical (unpaired) electrons. The minimum Gasteiger partial charge on any atom is -0.497 e. The van der Waals surface area contributed by atoms with Gasteiger partial charge in [-0.25, -0.2) is 0 Å². The van der Waals surface area contributed by atoms with E-state index in [1.54, 1.807) is 31.0 Å². The van der Waals surface area contributed by atoms with Gasteiger partial charge >= 0.3 is 0 Å². The van der Waals surface area contributed by atoms with E-state index in [1.807, 2.05) is 60.0 Å². The molecule has 0 aliphatic rings. The first-order valence-corrected chi connectivity index (χ1v) is 10.7. The van der Waals surface area contributed by atoms with Crippen LogP contribution >= 0.6 is 11.8 Å². The number of benzene rings is 2. The summed E-state index contributed by atoms with van der Waals surface area (Å²) in [6.07, 6.45) is 1.47. The van der Waals surface area contributed by atoms with Crippen LogP contribution in [0.15, 0.2) is 76.5 Å². The molecule has 1 amide bonds. The first-order valence-electron chi connectivity index (χ1n) is 9.73. The molecule has 0 aliphatic carbocycles. The van der Waals surface area contributed by atoms with Gasteiger partial charge in [-0.3, -0.25) is 9.36 Å². The topological polar surface area (TPSA) is 82.2 Å². The molecule has 4 rings (SSSR count). The van der Waals surface area contributed by atoms with E-state index in [1.165, 1.54) is 6.26 Å². The van der Waals surface area contributed by atoms with Gasteiger partial charge in [0.1, 0.15) is 5.75 Å². The summed E-state index contributed by atoms with van der Waals surface area (Å²) in [5.74, 6) is 2.12.